The topological polar surface area (TPSA) is 76.0 Å². The fourth-order valence-corrected chi connectivity index (χ4v) is 12.9. The van der Waals surface area contributed by atoms with E-state index in [1.807, 2.05) is 18.2 Å². The van der Waals surface area contributed by atoms with Crippen LogP contribution in [0.1, 0.15) is 34.3 Å². The normalized spacial score (nSPS) is 12.0. The molecule has 5 nitrogen and oxygen atoms in total. The molecule has 0 bridgehead atoms. The van der Waals surface area contributed by atoms with E-state index in [0.717, 1.165) is 43.3 Å². The van der Waals surface area contributed by atoms with Crippen molar-refractivity contribution in [3.05, 3.63) is 53.1 Å². The number of benzene rings is 2. The highest BCUT2D eigenvalue weighted by Crippen LogP contribution is 2.29. The summed E-state index contributed by atoms with van der Waals surface area (Å²) in [6.07, 6.45) is 4.59. The molecule has 0 aliphatic carbocycles. The molecule has 0 aliphatic heterocycles. The average Bonchev–Trinajstić information content (AvgIpc) is 2.69. The molecule has 0 radical (unpaired) electrons. The average molecular weight is 461 g/mol. The number of carbonyl (C=O) groups excluding carboxylic acids is 1. The van der Waals surface area contributed by atoms with Crippen molar-refractivity contribution >= 4 is 22.9 Å². The van der Waals surface area contributed by atoms with Gasteiger partial charge in [-0.3, -0.25) is 4.79 Å². The Hall–Kier alpha value is -2.10. The first-order valence-corrected chi connectivity index (χ1v) is 17.1. The number of methoxy groups -OCH3 is 1. The summed E-state index contributed by atoms with van der Waals surface area (Å²) in [7, 11) is -1.99. The van der Waals surface area contributed by atoms with Crippen LogP contribution in [-0.2, 0) is 17.0 Å². The van der Waals surface area contributed by atoms with E-state index >= 15 is 0 Å². The van der Waals surface area contributed by atoms with E-state index in [9.17, 15) is 15.0 Å². The highest BCUT2D eigenvalue weighted by Gasteiger charge is 2.32. The minimum absolute atomic E-state index is 0.0373. The summed E-state index contributed by atoms with van der Waals surface area (Å²) in [5, 5.41) is 19.4. The number of phenolic OH excluding ortho intramolecular Hbond substituents is 2. The molecule has 0 heterocycles. The summed E-state index contributed by atoms with van der Waals surface area (Å²) >= 11 is 0. The smallest absolute Gasteiger partial charge is 0.173 e. The molecule has 2 N–H and O–H groups in total. The van der Waals surface area contributed by atoms with Crippen LogP contribution >= 0.6 is 0 Å². The SMILES string of the molecule is COc1cc(CCC[Si](C)(C)O[Si](C)(C)CCCc2ccc(O)c(C=O)c2)ccc1O. The van der Waals surface area contributed by atoms with Gasteiger partial charge in [-0.05, 0) is 99.4 Å². The first kappa shape index (κ1) is 25.2. The molecule has 0 saturated heterocycles. The van der Waals surface area contributed by atoms with Gasteiger partial charge in [0.05, 0.1) is 12.7 Å². The maximum atomic E-state index is 11.0. The molecule has 2 aromatic carbocycles. The molecule has 0 aromatic heterocycles. The highest BCUT2D eigenvalue weighted by atomic mass is 28.4. The van der Waals surface area contributed by atoms with Crippen molar-refractivity contribution in [1.29, 1.82) is 0 Å². The molecule has 0 amide bonds. The van der Waals surface area contributed by atoms with Crippen LogP contribution in [0.3, 0.4) is 0 Å². The Morgan fingerprint density at radius 2 is 1.35 bits per heavy atom. The molecule has 0 fully saturated rings. The number of rotatable bonds is 12. The maximum Gasteiger partial charge on any atom is 0.173 e. The van der Waals surface area contributed by atoms with Gasteiger partial charge in [0.2, 0.25) is 0 Å². The van der Waals surface area contributed by atoms with Crippen LogP contribution in [0.2, 0.25) is 38.3 Å². The van der Waals surface area contributed by atoms with Crippen LogP contribution in [0.5, 0.6) is 17.2 Å². The summed E-state index contributed by atoms with van der Waals surface area (Å²) in [5.41, 5.74) is 2.59. The van der Waals surface area contributed by atoms with E-state index in [-0.39, 0.29) is 11.5 Å². The van der Waals surface area contributed by atoms with E-state index in [0.29, 0.717) is 17.6 Å². The second kappa shape index (κ2) is 11.0. The van der Waals surface area contributed by atoms with Gasteiger partial charge in [0, 0.05) is 0 Å². The van der Waals surface area contributed by atoms with Crippen molar-refractivity contribution in [2.45, 2.75) is 64.0 Å². The van der Waals surface area contributed by atoms with Gasteiger partial charge in [0.1, 0.15) is 5.75 Å². The summed E-state index contributed by atoms with van der Waals surface area (Å²) in [6.45, 7) is 9.19. The summed E-state index contributed by atoms with van der Waals surface area (Å²) in [5.74, 6) is 0.731. The Labute approximate surface area is 188 Å². The molecule has 0 spiro atoms. The Balaban J connectivity index is 1.81. The molecule has 2 aromatic rings. The van der Waals surface area contributed by atoms with Gasteiger partial charge in [-0.15, -0.1) is 0 Å². The van der Waals surface area contributed by atoms with Gasteiger partial charge in [-0.1, -0.05) is 12.1 Å². The van der Waals surface area contributed by atoms with Crippen LogP contribution in [0.4, 0.5) is 0 Å². The third-order valence-electron chi connectivity index (χ3n) is 5.50. The number of carbonyl (C=O) groups is 1. The summed E-state index contributed by atoms with van der Waals surface area (Å²) in [4.78, 5) is 11.0. The number of hydrogen-bond acceptors (Lipinski definition) is 5. The van der Waals surface area contributed by atoms with Crippen LogP contribution in [0.25, 0.3) is 0 Å². The molecule has 7 heteroatoms. The predicted octanol–water partition coefficient (Wildman–Crippen LogP) is 5.91. The predicted molar refractivity (Wildman–Crippen MR) is 130 cm³/mol. The summed E-state index contributed by atoms with van der Waals surface area (Å²) < 4.78 is 11.9. The minimum Gasteiger partial charge on any atom is -0.507 e. The number of phenols is 2. The molecule has 0 unspecified atom stereocenters. The van der Waals surface area contributed by atoms with Crippen molar-refractivity contribution in [2.24, 2.45) is 0 Å². The zero-order valence-corrected chi connectivity index (χ0v) is 21.4. The van der Waals surface area contributed by atoms with Gasteiger partial charge in [-0.2, -0.15) is 0 Å². The lowest BCUT2D eigenvalue weighted by molar-refractivity contribution is 0.112. The van der Waals surface area contributed by atoms with E-state index in [1.165, 1.54) is 5.56 Å². The van der Waals surface area contributed by atoms with Crippen LogP contribution < -0.4 is 4.74 Å². The number of ether oxygens (including phenoxy) is 1. The van der Waals surface area contributed by atoms with Crippen molar-refractivity contribution in [1.82, 2.24) is 0 Å². The van der Waals surface area contributed by atoms with E-state index in [2.05, 4.69) is 26.2 Å². The minimum atomic E-state index is -1.79. The Bertz CT molecular complexity index is 880. The third kappa shape index (κ3) is 8.16. The molecule has 31 heavy (non-hydrogen) atoms. The first-order chi connectivity index (χ1) is 14.5. The molecular weight excluding hydrogens is 424 g/mol. The van der Waals surface area contributed by atoms with E-state index in [4.69, 9.17) is 8.85 Å². The van der Waals surface area contributed by atoms with Crippen molar-refractivity contribution in [3.8, 4) is 17.2 Å². The zero-order chi connectivity index (χ0) is 23.1. The number of hydrogen-bond donors (Lipinski definition) is 2. The second-order valence-corrected chi connectivity index (χ2v) is 18.2. The van der Waals surface area contributed by atoms with Gasteiger partial charge in [-0.25, -0.2) is 0 Å². The zero-order valence-electron chi connectivity index (χ0n) is 19.4. The van der Waals surface area contributed by atoms with Crippen LogP contribution in [-0.4, -0.2) is 40.2 Å². The fourth-order valence-electron chi connectivity index (χ4n) is 4.02. The Kier molecular flexibility index (Phi) is 8.91. The molecule has 0 atom stereocenters. The largest absolute Gasteiger partial charge is 0.507 e. The lowest BCUT2D eigenvalue weighted by Crippen LogP contribution is -2.44. The highest BCUT2D eigenvalue weighted by molar-refractivity contribution is 6.84. The quantitative estimate of drug-likeness (QED) is 0.304. The third-order valence-corrected chi connectivity index (χ3v) is 13.0. The maximum absolute atomic E-state index is 11.0. The number of aldehydes is 1. The second-order valence-electron chi connectivity index (χ2n) is 9.35. The van der Waals surface area contributed by atoms with Crippen LogP contribution in [0, 0.1) is 0 Å². The number of aromatic hydroxyl groups is 2. The first-order valence-electron chi connectivity index (χ1n) is 10.9. The van der Waals surface area contributed by atoms with E-state index in [1.54, 1.807) is 25.3 Å². The number of aryl methyl sites for hydroxylation is 2. The van der Waals surface area contributed by atoms with Crippen LogP contribution in [0.15, 0.2) is 36.4 Å². The lowest BCUT2D eigenvalue weighted by atomic mass is 10.1. The van der Waals surface area contributed by atoms with E-state index < -0.39 is 16.6 Å². The standard InChI is InChI=1S/C24H36O5Si2/c1-28-24-17-20(11-13-23(24)27)9-7-15-31(4,5)29-30(2,3)14-6-8-19-10-12-22(26)21(16-19)18-25/h10-13,16-18,26-27H,6-9,14-15H2,1-5H3. The van der Waals surface area contributed by atoms with Gasteiger partial charge in [0.25, 0.3) is 0 Å². The van der Waals surface area contributed by atoms with Crippen molar-refractivity contribution in [2.75, 3.05) is 7.11 Å². The van der Waals surface area contributed by atoms with Gasteiger partial charge >= 0.3 is 0 Å². The van der Waals surface area contributed by atoms with Crippen molar-refractivity contribution < 1.29 is 23.9 Å². The molecule has 2 rings (SSSR count). The fraction of sp³-hybridized carbons (Fsp3) is 0.458. The lowest BCUT2D eigenvalue weighted by Gasteiger charge is -2.34. The van der Waals surface area contributed by atoms with Gasteiger partial charge in [0.15, 0.2) is 34.4 Å². The van der Waals surface area contributed by atoms with Gasteiger partial charge < -0.3 is 19.1 Å². The molecular formula is C24H36O5Si2. The Morgan fingerprint density at radius 1 is 0.839 bits per heavy atom. The Morgan fingerprint density at radius 3 is 1.87 bits per heavy atom. The monoisotopic (exact) mass is 460 g/mol. The molecule has 0 aliphatic rings. The molecule has 0 saturated carbocycles. The van der Waals surface area contributed by atoms with Crippen molar-refractivity contribution in [3.63, 3.8) is 0 Å². The molecule has 170 valence electrons. The summed E-state index contributed by atoms with van der Waals surface area (Å²) in [6, 6.07) is 13.0.